The van der Waals surface area contributed by atoms with Gasteiger partial charge in [0.15, 0.2) is 0 Å². The summed E-state index contributed by atoms with van der Waals surface area (Å²) in [7, 11) is 0. The predicted molar refractivity (Wildman–Crippen MR) is 84.9 cm³/mol. The van der Waals surface area contributed by atoms with E-state index < -0.39 is 35.3 Å². The number of β-lactam (4-membered cyclic amide) rings is 1. The van der Waals surface area contributed by atoms with E-state index in [1.807, 2.05) is 0 Å². The average molecular weight is 355 g/mol. The van der Waals surface area contributed by atoms with Gasteiger partial charge in [0.2, 0.25) is 0 Å². The number of hydrogen-bond acceptors (Lipinski definition) is 6. The van der Waals surface area contributed by atoms with E-state index in [1.54, 1.807) is 0 Å². The standard InChI is InChI=1S/C14H17N3O6S/c1-3-4-15-14(22)16-9-11(19)17-10(13(20)21)8(5-23-7(2)18)6-24-12(9)17/h3,9,12H,1,4-6H2,2H3,(H,20,21)(H2,15,16,22)/t9-,12-/m1/s1. The van der Waals surface area contributed by atoms with Crippen molar-refractivity contribution >= 4 is 35.6 Å². The Morgan fingerprint density at radius 2 is 2.21 bits per heavy atom. The maximum atomic E-state index is 12.2. The third-order valence-corrected chi connectivity index (χ3v) is 4.73. The molecule has 9 nitrogen and oxygen atoms in total. The molecule has 24 heavy (non-hydrogen) atoms. The van der Waals surface area contributed by atoms with Crippen molar-refractivity contribution in [3.05, 3.63) is 23.9 Å². The van der Waals surface area contributed by atoms with E-state index in [0.29, 0.717) is 5.57 Å². The minimum absolute atomic E-state index is 0.182. The Morgan fingerprint density at radius 3 is 2.79 bits per heavy atom. The van der Waals surface area contributed by atoms with Crippen molar-refractivity contribution in [2.45, 2.75) is 18.3 Å². The van der Waals surface area contributed by atoms with Gasteiger partial charge in [-0.15, -0.1) is 18.3 Å². The van der Waals surface area contributed by atoms with Crippen LogP contribution in [0.15, 0.2) is 23.9 Å². The lowest BCUT2D eigenvalue weighted by atomic mass is 10.0. The zero-order chi connectivity index (χ0) is 17.9. The maximum Gasteiger partial charge on any atom is 0.352 e. The van der Waals surface area contributed by atoms with Crippen molar-refractivity contribution in [2.24, 2.45) is 0 Å². The van der Waals surface area contributed by atoms with Gasteiger partial charge in [0.05, 0.1) is 0 Å². The fourth-order valence-electron chi connectivity index (χ4n) is 2.34. The average Bonchev–Trinajstić information content (AvgIpc) is 2.54. The van der Waals surface area contributed by atoms with Gasteiger partial charge in [0, 0.05) is 24.8 Å². The van der Waals surface area contributed by atoms with Crippen LogP contribution in [0.4, 0.5) is 4.79 Å². The van der Waals surface area contributed by atoms with Gasteiger partial charge in [-0.05, 0) is 0 Å². The summed E-state index contributed by atoms with van der Waals surface area (Å²) in [6.45, 7) is 4.75. The summed E-state index contributed by atoms with van der Waals surface area (Å²) in [6, 6.07) is -1.33. The van der Waals surface area contributed by atoms with Gasteiger partial charge in [-0.2, -0.15) is 0 Å². The van der Waals surface area contributed by atoms with Crippen LogP contribution in [0, 0.1) is 0 Å². The molecule has 1 saturated heterocycles. The molecule has 130 valence electrons. The highest BCUT2D eigenvalue weighted by Gasteiger charge is 2.54. The lowest BCUT2D eigenvalue weighted by Crippen LogP contribution is -2.71. The summed E-state index contributed by atoms with van der Waals surface area (Å²) in [4.78, 5) is 47.4. The quantitative estimate of drug-likeness (QED) is 0.338. The van der Waals surface area contributed by atoms with Crippen LogP contribution in [0.25, 0.3) is 0 Å². The van der Waals surface area contributed by atoms with Crippen LogP contribution in [0.5, 0.6) is 0 Å². The molecule has 0 unspecified atom stereocenters. The molecule has 0 aromatic rings. The molecule has 0 saturated carbocycles. The summed E-state index contributed by atoms with van der Waals surface area (Å²) >= 11 is 1.30. The highest BCUT2D eigenvalue weighted by molar-refractivity contribution is 8.00. The first kappa shape index (κ1) is 17.9. The molecule has 3 amide bonds. The highest BCUT2D eigenvalue weighted by atomic mass is 32.2. The van der Waals surface area contributed by atoms with Crippen molar-refractivity contribution in [3.8, 4) is 0 Å². The number of carbonyl (C=O) groups excluding carboxylic acids is 3. The molecule has 0 bridgehead atoms. The van der Waals surface area contributed by atoms with Gasteiger partial charge in [-0.1, -0.05) is 6.08 Å². The molecule has 0 aromatic heterocycles. The number of aliphatic carboxylic acids is 1. The van der Waals surface area contributed by atoms with E-state index in [1.165, 1.54) is 24.8 Å². The summed E-state index contributed by atoms with van der Waals surface area (Å²) in [6.07, 6.45) is 1.50. The molecular formula is C14H17N3O6S. The fourth-order valence-corrected chi connectivity index (χ4v) is 3.67. The van der Waals surface area contributed by atoms with Crippen molar-refractivity contribution < 1.29 is 29.0 Å². The van der Waals surface area contributed by atoms with E-state index in [9.17, 15) is 24.3 Å². The van der Waals surface area contributed by atoms with Gasteiger partial charge in [-0.25, -0.2) is 9.59 Å². The zero-order valence-electron chi connectivity index (χ0n) is 12.9. The van der Waals surface area contributed by atoms with Gasteiger partial charge in [0.25, 0.3) is 5.91 Å². The second-order valence-electron chi connectivity index (χ2n) is 5.07. The lowest BCUT2D eigenvalue weighted by molar-refractivity contribution is -0.149. The molecule has 10 heteroatoms. The Bertz CT molecular complexity index is 632. The molecule has 2 aliphatic rings. The molecular weight excluding hydrogens is 338 g/mol. The van der Waals surface area contributed by atoms with Gasteiger partial charge in [0.1, 0.15) is 23.7 Å². The second kappa shape index (κ2) is 7.39. The molecule has 2 heterocycles. The zero-order valence-corrected chi connectivity index (χ0v) is 13.7. The van der Waals surface area contributed by atoms with Crippen molar-refractivity contribution in [1.82, 2.24) is 15.5 Å². The number of fused-ring (bicyclic) bond motifs is 1. The molecule has 0 aliphatic carbocycles. The van der Waals surface area contributed by atoms with Gasteiger partial charge < -0.3 is 20.5 Å². The van der Waals surface area contributed by atoms with Crippen molar-refractivity contribution in [1.29, 1.82) is 0 Å². The van der Waals surface area contributed by atoms with Crippen LogP contribution in [0.3, 0.4) is 0 Å². The fraction of sp³-hybridized carbons (Fsp3) is 0.429. The number of ether oxygens (including phenoxy) is 1. The van der Waals surface area contributed by atoms with E-state index in [2.05, 4.69) is 17.2 Å². The number of rotatable bonds is 6. The number of nitrogens with one attached hydrogen (secondary N) is 2. The number of esters is 1. The highest BCUT2D eigenvalue weighted by Crippen LogP contribution is 2.40. The Kier molecular flexibility index (Phi) is 5.50. The SMILES string of the molecule is C=CCNC(=O)N[C@@H]1C(=O)N2C(C(=O)O)=C(COC(C)=O)CS[C@H]12. The number of carbonyl (C=O) groups is 4. The lowest BCUT2D eigenvalue weighted by Gasteiger charge is -2.49. The third-order valence-electron chi connectivity index (χ3n) is 3.39. The molecule has 2 atom stereocenters. The summed E-state index contributed by atoms with van der Waals surface area (Å²) in [5.41, 5.74) is 0.163. The van der Waals surface area contributed by atoms with Crippen LogP contribution in [0.1, 0.15) is 6.92 Å². The number of carboxylic acid groups (broad SMARTS) is 1. The Labute approximate surface area is 142 Å². The van der Waals surface area contributed by atoms with Crippen LogP contribution in [-0.2, 0) is 19.1 Å². The topological polar surface area (TPSA) is 125 Å². The molecule has 2 rings (SSSR count). The molecule has 0 radical (unpaired) electrons. The molecule has 3 N–H and O–H groups in total. The number of thioether (sulfide) groups is 1. The predicted octanol–water partition coefficient (Wildman–Crippen LogP) is -0.343. The third kappa shape index (κ3) is 3.53. The number of amides is 3. The summed E-state index contributed by atoms with van der Waals surface area (Å²) in [5, 5.41) is 13.9. The van der Waals surface area contributed by atoms with Crippen molar-refractivity contribution in [3.63, 3.8) is 0 Å². The van der Waals surface area contributed by atoms with E-state index in [0.717, 1.165) is 4.90 Å². The largest absolute Gasteiger partial charge is 0.477 e. The first-order chi connectivity index (χ1) is 11.4. The second-order valence-corrected chi connectivity index (χ2v) is 6.17. The number of hydrogen-bond donors (Lipinski definition) is 3. The van der Waals surface area contributed by atoms with E-state index in [4.69, 9.17) is 4.74 Å². The summed E-state index contributed by atoms with van der Waals surface area (Å²) < 4.78 is 4.84. The summed E-state index contributed by atoms with van der Waals surface area (Å²) in [5.74, 6) is -2.03. The van der Waals surface area contributed by atoms with E-state index >= 15 is 0 Å². The Hall–Kier alpha value is -2.49. The van der Waals surface area contributed by atoms with Gasteiger partial charge in [-0.3, -0.25) is 14.5 Å². The molecule has 0 spiro atoms. The van der Waals surface area contributed by atoms with Crippen LogP contribution >= 0.6 is 11.8 Å². The molecule has 0 aromatic carbocycles. The van der Waals surface area contributed by atoms with Crippen LogP contribution in [0.2, 0.25) is 0 Å². The molecule has 2 aliphatic heterocycles. The Morgan fingerprint density at radius 1 is 1.50 bits per heavy atom. The minimum atomic E-state index is -1.27. The van der Waals surface area contributed by atoms with Gasteiger partial charge >= 0.3 is 18.0 Å². The number of nitrogens with zero attached hydrogens (tertiary/aromatic N) is 1. The molecule has 1 fully saturated rings. The smallest absolute Gasteiger partial charge is 0.352 e. The number of urea groups is 1. The minimum Gasteiger partial charge on any atom is -0.477 e. The monoisotopic (exact) mass is 355 g/mol. The van der Waals surface area contributed by atoms with Crippen LogP contribution < -0.4 is 10.6 Å². The van der Waals surface area contributed by atoms with E-state index in [-0.39, 0.29) is 24.6 Å². The first-order valence-electron chi connectivity index (χ1n) is 7.05. The van der Waals surface area contributed by atoms with Crippen molar-refractivity contribution in [2.75, 3.05) is 18.9 Å². The Balaban J connectivity index is 2.11. The first-order valence-corrected chi connectivity index (χ1v) is 8.10. The van der Waals surface area contributed by atoms with Crippen LogP contribution in [-0.4, -0.2) is 64.2 Å². The maximum absolute atomic E-state index is 12.2. The number of carboxylic acids is 1. The normalized spacial score (nSPS) is 22.2.